The zero-order valence-corrected chi connectivity index (χ0v) is 15.2. The summed E-state index contributed by atoms with van der Waals surface area (Å²) in [5, 5.41) is 4.21. The standard InChI is InChI=1S/C21H20N2O4/c1-12(24)27-16-5-3-4-13(8-16)21(25)22-14-9-17-18-11-15(26-2)6-7-19(18)23-20(17)10-14/h3-8,11,14,23H,9-10H2,1-2H3,(H,22,25). The number of rotatable bonds is 4. The van der Waals surface area contributed by atoms with Gasteiger partial charge in [0.1, 0.15) is 11.5 Å². The molecule has 3 aromatic rings. The van der Waals surface area contributed by atoms with Crippen LogP contribution in [0.1, 0.15) is 28.5 Å². The van der Waals surface area contributed by atoms with Crippen molar-refractivity contribution in [3.63, 3.8) is 0 Å². The van der Waals surface area contributed by atoms with E-state index in [-0.39, 0.29) is 11.9 Å². The Morgan fingerprint density at radius 2 is 1.96 bits per heavy atom. The molecule has 1 unspecified atom stereocenters. The fraction of sp³-hybridized carbons (Fsp3) is 0.238. The molecule has 0 spiro atoms. The van der Waals surface area contributed by atoms with Crippen LogP contribution in [-0.4, -0.2) is 30.0 Å². The van der Waals surface area contributed by atoms with Crippen LogP contribution in [0.25, 0.3) is 10.9 Å². The average Bonchev–Trinajstić information content (AvgIpc) is 3.18. The highest BCUT2D eigenvalue weighted by Crippen LogP contribution is 2.32. The van der Waals surface area contributed by atoms with Crippen LogP contribution in [0.5, 0.6) is 11.5 Å². The molecule has 0 radical (unpaired) electrons. The number of carbonyl (C=O) groups excluding carboxylic acids is 2. The molecule has 1 aliphatic rings. The van der Waals surface area contributed by atoms with Crippen LogP contribution < -0.4 is 14.8 Å². The molecular formula is C21H20N2O4. The van der Waals surface area contributed by atoms with Crippen molar-refractivity contribution in [3.8, 4) is 11.5 Å². The lowest BCUT2D eigenvalue weighted by Crippen LogP contribution is -2.35. The predicted octanol–water partition coefficient (Wildman–Crippen LogP) is 3.00. The zero-order chi connectivity index (χ0) is 19.0. The highest BCUT2D eigenvalue weighted by atomic mass is 16.5. The highest BCUT2D eigenvalue weighted by molar-refractivity contribution is 5.95. The van der Waals surface area contributed by atoms with Gasteiger partial charge in [-0.2, -0.15) is 0 Å². The third-order valence-electron chi connectivity index (χ3n) is 4.80. The van der Waals surface area contributed by atoms with Crippen LogP contribution >= 0.6 is 0 Å². The highest BCUT2D eigenvalue weighted by Gasteiger charge is 2.27. The fourth-order valence-electron chi connectivity index (χ4n) is 3.62. The summed E-state index contributed by atoms with van der Waals surface area (Å²) in [6, 6.07) is 12.6. The van der Waals surface area contributed by atoms with E-state index in [0.29, 0.717) is 11.3 Å². The molecule has 2 aromatic carbocycles. The number of fused-ring (bicyclic) bond motifs is 3. The summed E-state index contributed by atoms with van der Waals surface area (Å²) >= 11 is 0. The molecule has 1 heterocycles. The molecule has 1 atom stereocenters. The van der Waals surface area contributed by atoms with Gasteiger partial charge >= 0.3 is 5.97 Å². The molecular weight excluding hydrogens is 344 g/mol. The first kappa shape index (κ1) is 17.1. The van der Waals surface area contributed by atoms with Gasteiger partial charge in [0.2, 0.25) is 0 Å². The molecule has 1 amide bonds. The third kappa shape index (κ3) is 3.38. The van der Waals surface area contributed by atoms with E-state index in [9.17, 15) is 9.59 Å². The Labute approximate surface area is 156 Å². The number of aromatic nitrogens is 1. The smallest absolute Gasteiger partial charge is 0.308 e. The number of esters is 1. The molecule has 0 saturated heterocycles. The van der Waals surface area contributed by atoms with Crippen LogP contribution in [0.15, 0.2) is 42.5 Å². The maximum absolute atomic E-state index is 12.6. The lowest BCUT2D eigenvalue weighted by molar-refractivity contribution is -0.131. The minimum Gasteiger partial charge on any atom is -0.497 e. The molecule has 0 saturated carbocycles. The van der Waals surface area contributed by atoms with Gasteiger partial charge in [-0.15, -0.1) is 0 Å². The van der Waals surface area contributed by atoms with E-state index in [1.807, 2.05) is 18.2 Å². The number of amides is 1. The minimum absolute atomic E-state index is 0.0201. The number of carbonyl (C=O) groups is 2. The maximum Gasteiger partial charge on any atom is 0.308 e. The Hall–Kier alpha value is -3.28. The second kappa shape index (κ2) is 6.79. The predicted molar refractivity (Wildman–Crippen MR) is 101 cm³/mol. The summed E-state index contributed by atoms with van der Waals surface area (Å²) in [6.45, 7) is 1.33. The molecule has 2 N–H and O–H groups in total. The summed E-state index contributed by atoms with van der Waals surface area (Å²) in [7, 11) is 1.65. The summed E-state index contributed by atoms with van der Waals surface area (Å²) in [4.78, 5) is 27.1. The Morgan fingerprint density at radius 3 is 2.74 bits per heavy atom. The van der Waals surface area contributed by atoms with Crippen molar-refractivity contribution >= 4 is 22.8 Å². The molecule has 4 rings (SSSR count). The van der Waals surface area contributed by atoms with Gasteiger partial charge in [-0.25, -0.2) is 0 Å². The van der Waals surface area contributed by atoms with Crippen molar-refractivity contribution in [3.05, 3.63) is 59.3 Å². The van der Waals surface area contributed by atoms with Crippen molar-refractivity contribution in [1.82, 2.24) is 10.3 Å². The van der Waals surface area contributed by atoms with E-state index in [4.69, 9.17) is 9.47 Å². The Balaban J connectivity index is 1.49. The van der Waals surface area contributed by atoms with E-state index >= 15 is 0 Å². The van der Waals surface area contributed by atoms with E-state index < -0.39 is 5.97 Å². The number of benzene rings is 2. The fourth-order valence-corrected chi connectivity index (χ4v) is 3.62. The molecule has 1 aliphatic carbocycles. The quantitative estimate of drug-likeness (QED) is 0.551. The summed E-state index contributed by atoms with van der Waals surface area (Å²) in [5.41, 5.74) is 3.93. The Morgan fingerprint density at radius 1 is 1.11 bits per heavy atom. The van der Waals surface area contributed by atoms with Gasteiger partial charge in [-0.3, -0.25) is 9.59 Å². The SMILES string of the molecule is COc1ccc2[nH]c3c(c2c1)CC(NC(=O)c1cccc(OC(C)=O)c1)C3. The van der Waals surface area contributed by atoms with E-state index in [0.717, 1.165) is 35.2 Å². The summed E-state index contributed by atoms with van der Waals surface area (Å²) in [5.74, 6) is 0.592. The third-order valence-corrected chi connectivity index (χ3v) is 4.80. The molecule has 6 heteroatoms. The number of ether oxygens (including phenoxy) is 2. The lowest BCUT2D eigenvalue weighted by Gasteiger charge is -2.13. The van der Waals surface area contributed by atoms with E-state index in [1.54, 1.807) is 31.4 Å². The van der Waals surface area contributed by atoms with Gasteiger partial charge in [0.25, 0.3) is 5.91 Å². The molecule has 6 nitrogen and oxygen atoms in total. The maximum atomic E-state index is 12.6. The zero-order valence-electron chi connectivity index (χ0n) is 15.2. The van der Waals surface area contributed by atoms with E-state index in [2.05, 4.69) is 10.3 Å². The molecule has 138 valence electrons. The van der Waals surface area contributed by atoms with Crippen LogP contribution in [0.4, 0.5) is 0 Å². The second-order valence-corrected chi connectivity index (χ2v) is 6.69. The van der Waals surface area contributed by atoms with Crippen molar-refractivity contribution in [2.45, 2.75) is 25.8 Å². The van der Waals surface area contributed by atoms with Gasteiger partial charge < -0.3 is 19.8 Å². The molecule has 0 bridgehead atoms. The number of hydrogen-bond acceptors (Lipinski definition) is 4. The average molecular weight is 364 g/mol. The van der Waals surface area contributed by atoms with Crippen LogP contribution in [0.3, 0.4) is 0 Å². The molecule has 0 aliphatic heterocycles. The van der Waals surface area contributed by atoms with Crippen LogP contribution in [0.2, 0.25) is 0 Å². The van der Waals surface area contributed by atoms with Crippen molar-refractivity contribution < 1.29 is 19.1 Å². The van der Waals surface area contributed by atoms with Crippen LogP contribution in [0, 0.1) is 0 Å². The Bertz CT molecular complexity index is 1040. The van der Waals surface area contributed by atoms with Crippen molar-refractivity contribution in [1.29, 1.82) is 0 Å². The first-order chi connectivity index (χ1) is 13.0. The van der Waals surface area contributed by atoms with Crippen LogP contribution in [-0.2, 0) is 17.6 Å². The molecule has 27 heavy (non-hydrogen) atoms. The largest absolute Gasteiger partial charge is 0.497 e. The number of nitrogens with one attached hydrogen (secondary N) is 2. The summed E-state index contributed by atoms with van der Waals surface area (Å²) < 4.78 is 10.4. The first-order valence-corrected chi connectivity index (χ1v) is 8.80. The Kier molecular flexibility index (Phi) is 4.32. The summed E-state index contributed by atoms with van der Waals surface area (Å²) in [6.07, 6.45) is 1.51. The number of hydrogen-bond donors (Lipinski definition) is 2. The minimum atomic E-state index is -0.413. The lowest BCUT2D eigenvalue weighted by atomic mass is 10.1. The number of aromatic amines is 1. The number of H-pyrrole nitrogens is 1. The molecule has 0 fully saturated rings. The van der Waals surface area contributed by atoms with Crippen molar-refractivity contribution in [2.75, 3.05) is 7.11 Å². The van der Waals surface area contributed by atoms with Gasteiger partial charge in [0.05, 0.1) is 7.11 Å². The van der Waals surface area contributed by atoms with Gasteiger partial charge in [0, 0.05) is 41.5 Å². The van der Waals surface area contributed by atoms with Gasteiger partial charge in [-0.1, -0.05) is 6.07 Å². The molecule has 1 aromatic heterocycles. The normalized spacial score (nSPS) is 15.4. The topological polar surface area (TPSA) is 80.4 Å². The first-order valence-electron chi connectivity index (χ1n) is 8.80. The second-order valence-electron chi connectivity index (χ2n) is 6.69. The van der Waals surface area contributed by atoms with E-state index in [1.165, 1.54) is 12.5 Å². The van der Waals surface area contributed by atoms with Gasteiger partial charge in [-0.05, 0) is 48.4 Å². The van der Waals surface area contributed by atoms with Gasteiger partial charge in [0.15, 0.2) is 0 Å². The number of methoxy groups -OCH3 is 1. The van der Waals surface area contributed by atoms with Crippen molar-refractivity contribution in [2.24, 2.45) is 0 Å². The monoisotopic (exact) mass is 364 g/mol.